The first-order chi connectivity index (χ1) is 4.72. The van der Waals surface area contributed by atoms with Gasteiger partial charge in [0.05, 0.1) is 6.04 Å². The van der Waals surface area contributed by atoms with E-state index in [9.17, 15) is 8.78 Å². The molecule has 0 aromatic rings. The van der Waals surface area contributed by atoms with Crippen molar-refractivity contribution in [2.45, 2.75) is 25.3 Å². The van der Waals surface area contributed by atoms with Gasteiger partial charge < -0.3 is 5.32 Å². The van der Waals surface area contributed by atoms with Crippen molar-refractivity contribution in [3.05, 3.63) is 0 Å². The Kier molecular flexibility index (Phi) is 4.87. The Hall–Kier alpha value is -0.620. The van der Waals surface area contributed by atoms with Crippen LogP contribution in [0.25, 0.3) is 0 Å². The number of hydrogen-bond acceptors (Lipinski definition) is 1. The van der Waals surface area contributed by atoms with Gasteiger partial charge in [-0.3, -0.25) is 0 Å². The fraction of sp³-hybridized carbons (Fsp3) is 0.714. The molecule has 0 saturated heterocycles. The quantitative estimate of drug-likeness (QED) is 0.590. The molecule has 1 unspecified atom stereocenters. The number of terminal acetylenes is 1. The highest BCUT2D eigenvalue weighted by atomic mass is 19.3. The van der Waals surface area contributed by atoms with Gasteiger partial charge in [0, 0.05) is 6.42 Å². The summed E-state index contributed by atoms with van der Waals surface area (Å²) in [6, 6.07) is -0.754. The van der Waals surface area contributed by atoms with Gasteiger partial charge >= 0.3 is 0 Å². The number of hydrogen-bond donors (Lipinski definition) is 1. The molecule has 0 saturated carbocycles. The summed E-state index contributed by atoms with van der Waals surface area (Å²) >= 11 is 0. The van der Waals surface area contributed by atoms with Crippen LogP contribution >= 0.6 is 0 Å². The SMILES string of the molecule is C#CCCC(NC)C(F)F. The van der Waals surface area contributed by atoms with E-state index >= 15 is 0 Å². The molecule has 3 heteroatoms. The van der Waals surface area contributed by atoms with Crippen molar-refractivity contribution in [3.8, 4) is 12.3 Å². The minimum absolute atomic E-state index is 0.338. The van der Waals surface area contributed by atoms with Gasteiger partial charge in [0.25, 0.3) is 6.43 Å². The first-order valence-corrected chi connectivity index (χ1v) is 3.11. The van der Waals surface area contributed by atoms with E-state index in [4.69, 9.17) is 6.42 Å². The number of halogens is 2. The van der Waals surface area contributed by atoms with Gasteiger partial charge in [0.1, 0.15) is 0 Å². The van der Waals surface area contributed by atoms with Crippen LogP contribution in [-0.4, -0.2) is 19.5 Å². The molecule has 0 amide bonds. The minimum atomic E-state index is -2.32. The molecule has 0 aliphatic heterocycles. The van der Waals surface area contributed by atoms with E-state index in [1.54, 1.807) is 0 Å². The van der Waals surface area contributed by atoms with Gasteiger partial charge in [-0.2, -0.15) is 0 Å². The molecule has 0 aromatic heterocycles. The van der Waals surface area contributed by atoms with Crippen LogP contribution in [-0.2, 0) is 0 Å². The summed E-state index contributed by atoms with van der Waals surface area (Å²) in [7, 11) is 1.51. The standard InChI is InChI=1S/C7H11F2N/c1-3-4-5-6(10-2)7(8)9/h1,6-7,10H,4-5H2,2H3. The smallest absolute Gasteiger partial charge is 0.253 e. The number of alkyl halides is 2. The summed E-state index contributed by atoms with van der Waals surface area (Å²) < 4.78 is 23.8. The molecular formula is C7H11F2N. The van der Waals surface area contributed by atoms with E-state index in [2.05, 4.69) is 11.2 Å². The highest BCUT2D eigenvalue weighted by Gasteiger charge is 2.16. The van der Waals surface area contributed by atoms with Gasteiger partial charge in [-0.1, -0.05) is 0 Å². The Morgan fingerprint density at radius 3 is 2.50 bits per heavy atom. The molecule has 0 rings (SSSR count). The van der Waals surface area contributed by atoms with Crippen LogP contribution in [0.4, 0.5) is 8.78 Å². The van der Waals surface area contributed by atoms with E-state index in [0.29, 0.717) is 12.8 Å². The molecular weight excluding hydrogens is 136 g/mol. The van der Waals surface area contributed by atoms with Crippen molar-refractivity contribution >= 4 is 0 Å². The first kappa shape index (κ1) is 9.38. The van der Waals surface area contributed by atoms with Crippen molar-refractivity contribution in [2.24, 2.45) is 0 Å². The molecule has 58 valence electrons. The maximum Gasteiger partial charge on any atom is 0.253 e. The van der Waals surface area contributed by atoms with Gasteiger partial charge in [-0.25, -0.2) is 8.78 Å². The van der Waals surface area contributed by atoms with Gasteiger partial charge in [-0.05, 0) is 13.5 Å². The average molecular weight is 147 g/mol. The summed E-state index contributed by atoms with van der Waals surface area (Å²) in [6.45, 7) is 0. The molecule has 0 aliphatic carbocycles. The van der Waals surface area contributed by atoms with Crippen molar-refractivity contribution in [1.29, 1.82) is 0 Å². The van der Waals surface area contributed by atoms with E-state index in [1.807, 2.05) is 0 Å². The highest BCUT2D eigenvalue weighted by Crippen LogP contribution is 2.05. The van der Waals surface area contributed by atoms with Gasteiger partial charge in [0.15, 0.2) is 0 Å². The van der Waals surface area contributed by atoms with Crippen molar-refractivity contribution in [1.82, 2.24) is 5.32 Å². The molecule has 0 aliphatic rings. The second-order valence-corrected chi connectivity index (χ2v) is 1.97. The Morgan fingerprint density at radius 2 is 2.20 bits per heavy atom. The topological polar surface area (TPSA) is 12.0 Å². The predicted molar refractivity (Wildman–Crippen MR) is 36.9 cm³/mol. The molecule has 0 radical (unpaired) electrons. The lowest BCUT2D eigenvalue weighted by Crippen LogP contribution is -2.32. The van der Waals surface area contributed by atoms with Crippen LogP contribution in [0.2, 0.25) is 0 Å². The van der Waals surface area contributed by atoms with Crippen LogP contribution < -0.4 is 5.32 Å². The second kappa shape index (κ2) is 5.19. The summed E-state index contributed by atoms with van der Waals surface area (Å²) in [5.41, 5.74) is 0. The zero-order valence-electron chi connectivity index (χ0n) is 5.90. The van der Waals surface area contributed by atoms with Crippen molar-refractivity contribution in [3.63, 3.8) is 0 Å². The summed E-state index contributed by atoms with van der Waals surface area (Å²) in [4.78, 5) is 0. The highest BCUT2D eigenvalue weighted by molar-refractivity contribution is 4.85. The van der Waals surface area contributed by atoms with Crippen LogP contribution in [0.1, 0.15) is 12.8 Å². The molecule has 1 nitrogen and oxygen atoms in total. The lowest BCUT2D eigenvalue weighted by atomic mass is 10.2. The summed E-state index contributed by atoms with van der Waals surface area (Å²) in [6.07, 6.45) is 3.32. The molecule has 0 aromatic carbocycles. The third-order valence-corrected chi connectivity index (χ3v) is 1.27. The van der Waals surface area contributed by atoms with E-state index in [0.717, 1.165) is 0 Å². The molecule has 1 atom stereocenters. The van der Waals surface area contributed by atoms with Gasteiger partial charge in [-0.15, -0.1) is 12.3 Å². The molecule has 0 heterocycles. The number of nitrogens with one attached hydrogen (secondary N) is 1. The summed E-state index contributed by atoms with van der Waals surface area (Å²) in [5, 5.41) is 2.49. The molecule has 10 heavy (non-hydrogen) atoms. The summed E-state index contributed by atoms with van der Waals surface area (Å²) in [5.74, 6) is 2.31. The second-order valence-electron chi connectivity index (χ2n) is 1.97. The molecule has 0 fully saturated rings. The van der Waals surface area contributed by atoms with Crippen molar-refractivity contribution < 1.29 is 8.78 Å². The van der Waals surface area contributed by atoms with Crippen LogP contribution in [0.3, 0.4) is 0 Å². The number of rotatable bonds is 4. The molecule has 0 bridgehead atoms. The Morgan fingerprint density at radius 1 is 1.60 bits per heavy atom. The zero-order chi connectivity index (χ0) is 7.98. The van der Waals surface area contributed by atoms with Crippen LogP contribution in [0, 0.1) is 12.3 Å². The maximum absolute atomic E-state index is 11.9. The Bertz CT molecular complexity index is 117. The fourth-order valence-electron chi connectivity index (χ4n) is 0.635. The molecule has 0 spiro atoms. The average Bonchev–Trinajstić information content (AvgIpc) is 1.89. The Balaban J connectivity index is 3.52. The van der Waals surface area contributed by atoms with Crippen LogP contribution in [0.5, 0.6) is 0 Å². The van der Waals surface area contributed by atoms with Crippen molar-refractivity contribution in [2.75, 3.05) is 7.05 Å². The van der Waals surface area contributed by atoms with E-state index < -0.39 is 12.5 Å². The minimum Gasteiger partial charge on any atom is -0.312 e. The third kappa shape index (κ3) is 3.41. The molecule has 1 N–H and O–H groups in total. The largest absolute Gasteiger partial charge is 0.312 e. The van der Waals surface area contributed by atoms with E-state index in [-0.39, 0.29) is 0 Å². The predicted octanol–water partition coefficient (Wildman–Crippen LogP) is 1.25. The first-order valence-electron chi connectivity index (χ1n) is 3.11. The Labute approximate surface area is 59.8 Å². The normalized spacial score (nSPS) is 13.1. The van der Waals surface area contributed by atoms with E-state index in [1.165, 1.54) is 7.05 Å². The maximum atomic E-state index is 11.9. The lowest BCUT2D eigenvalue weighted by Gasteiger charge is -2.12. The third-order valence-electron chi connectivity index (χ3n) is 1.27. The fourth-order valence-corrected chi connectivity index (χ4v) is 0.635. The lowest BCUT2D eigenvalue weighted by molar-refractivity contribution is 0.0987. The van der Waals surface area contributed by atoms with Crippen LogP contribution in [0.15, 0.2) is 0 Å². The van der Waals surface area contributed by atoms with Gasteiger partial charge in [0.2, 0.25) is 0 Å². The monoisotopic (exact) mass is 147 g/mol. The zero-order valence-corrected chi connectivity index (χ0v) is 5.90.